The lowest BCUT2D eigenvalue weighted by atomic mass is 10.0. The molecule has 0 spiro atoms. The van der Waals surface area contributed by atoms with Crippen LogP contribution in [0.3, 0.4) is 0 Å². The van der Waals surface area contributed by atoms with Crippen molar-refractivity contribution in [3.05, 3.63) is 29.1 Å². The largest absolute Gasteiger partial charge is 0.462 e. The fraction of sp³-hybridized carbons (Fsp3) is 0.571. The Kier molecular flexibility index (Phi) is 5.13. The molecule has 1 aromatic heterocycles. The van der Waals surface area contributed by atoms with Crippen LogP contribution in [-0.2, 0) is 11.2 Å². The van der Waals surface area contributed by atoms with Gasteiger partial charge in [0.15, 0.2) is 0 Å². The standard InChI is InChI=1S/C14H21NO2/c1-5-7-13-12(14(16)17-6-2)8-11(9-15-13)10(3)4/h8-10H,5-7H2,1-4H3. The number of hydrogen-bond donors (Lipinski definition) is 0. The van der Waals surface area contributed by atoms with Crippen LogP contribution < -0.4 is 0 Å². The fourth-order valence-electron chi connectivity index (χ4n) is 1.65. The van der Waals surface area contributed by atoms with E-state index in [1.165, 1.54) is 0 Å². The second kappa shape index (κ2) is 6.38. The van der Waals surface area contributed by atoms with Gasteiger partial charge in [-0.3, -0.25) is 4.98 Å². The molecule has 0 fully saturated rings. The molecule has 0 aliphatic heterocycles. The van der Waals surface area contributed by atoms with E-state index in [-0.39, 0.29) is 5.97 Å². The minimum atomic E-state index is -0.258. The lowest BCUT2D eigenvalue weighted by Crippen LogP contribution is -2.11. The number of aryl methyl sites for hydroxylation is 1. The SMILES string of the molecule is CCCc1ncc(C(C)C)cc1C(=O)OCC. The Hall–Kier alpha value is -1.38. The highest BCUT2D eigenvalue weighted by atomic mass is 16.5. The van der Waals surface area contributed by atoms with E-state index in [0.717, 1.165) is 24.1 Å². The molecule has 1 rings (SSSR count). The second-order valence-corrected chi connectivity index (χ2v) is 4.39. The zero-order chi connectivity index (χ0) is 12.8. The Morgan fingerprint density at radius 3 is 2.65 bits per heavy atom. The molecule has 1 heterocycles. The lowest BCUT2D eigenvalue weighted by molar-refractivity contribution is 0.0524. The van der Waals surface area contributed by atoms with Gasteiger partial charge in [-0.25, -0.2) is 4.79 Å². The van der Waals surface area contributed by atoms with Crippen molar-refractivity contribution in [2.45, 2.75) is 46.5 Å². The maximum Gasteiger partial charge on any atom is 0.339 e. The highest BCUT2D eigenvalue weighted by molar-refractivity contribution is 5.90. The summed E-state index contributed by atoms with van der Waals surface area (Å²) in [6.07, 6.45) is 3.64. The summed E-state index contributed by atoms with van der Waals surface area (Å²) in [7, 11) is 0. The first-order valence-corrected chi connectivity index (χ1v) is 6.26. The van der Waals surface area contributed by atoms with Gasteiger partial charge in [-0.15, -0.1) is 0 Å². The summed E-state index contributed by atoms with van der Waals surface area (Å²) in [4.78, 5) is 16.2. The topological polar surface area (TPSA) is 39.2 Å². The minimum absolute atomic E-state index is 0.258. The van der Waals surface area contributed by atoms with Gasteiger partial charge in [0.2, 0.25) is 0 Å². The summed E-state index contributed by atoms with van der Waals surface area (Å²) in [6, 6.07) is 1.92. The lowest BCUT2D eigenvalue weighted by Gasteiger charge is -2.11. The zero-order valence-electron chi connectivity index (χ0n) is 11.1. The molecular formula is C14H21NO2. The van der Waals surface area contributed by atoms with Crippen LogP contribution in [-0.4, -0.2) is 17.6 Å². The van der Waals surface area contributed by atoms with Gasteiger partial charge in [0, 0.05) is 6.20 Å². The molecule has 0 amide bonds. The molecule has 0 bridgehead atoms. The third-order valence-electron chi connectivity index (χ3n) is 2.64. The molecule has 17 heavy (non-hydrogen) atoms. The van der Waals surface area contributed by atoms with Crippen LogP contribution in [0.4, 0.5) is 0 Å². The minimum Gasteiger partial charge on any atom is -0.462 e. The Labute approximate surface area is 103 Å². The number of nitrogens with zero attached hydrogens (tertiary/aromatic N) is 1. The van der Waals surface area contributed by atoms with Gasteiger partial charge in [0.1, 0.15) is 0 Å². The Morgan fingerprint density at radius 1 is 1.41 bits per heavy atom. The van der Waals surface area contributed by atoms with E-state index < -0.39 is 0 Å². The summed E-state index contributed by atoms with van der Waals surface area (Å²) >= 11 is 0. The Morgan fingerprint density at radius 2 is 2.12 bits per heavy atom. The highest BCUT2D eigenvalue weighted by Crippen LogP contribution is 2.18. The van der Waals surface area contributed by atoms with Gasteiger partial charge >= 0.3 is 5.97 Å². The van der Waals surface area contributed by atoms with Crippen LogP contribution in [0.2, 0.25) is 0 Å². The zero-order valence-corrected chi connectivity index (χ0v) is 11.1. The molecule has 0 saturated carbocycles. The van der Waals surface area contributed by atoms with Crippen LogP contribution in [0.5, 0.6) is 0 Å². The van der Waals surface area contributed by atoms with E-state index in [4.69, 9.17) is 4.74 Å². The van der Waals surface area contributed by atoms with Crippen molar-refractivity contribution >= 4 is 5.97 Å². The normalized spacial score (nSPS) is 10.6. The van der Waals surface area contributed by atoms with Crippen molar-refractivity contribution in [2.24, 2.45) is 0 Å². The Balaban J connectivity index is 3.10. The first-order valence-electron chi connectivity index (χ1n) is 6.26. The van der Waals surface area contributed by atoms with Crippen molar-refractivity contribution in [3.63, 3.8) is 0 Å². The van der Waals surface area contributed by atoms with E-state index in [0.29, 0.717) is 18.1 Å². The van der Waals surface area contributed by atoms with Crippen molar-refractivity contribution in [1.29, 1.82) is 0 Å². The third kappa shape index (κ3) is 3.55. The third-order valence-corrected chi connectivity index (χ3v) is 2.64. The number of aromatic nitrogens is 1. The number of pyridine rings is 1. The molecule has 94 valence electrons. The molecule has 3 nitrogen and oxygen atoms in total. The van der Waals surface area contributed by atoms with Gasteiger partial charge in [0.05, 0.1) is 17.9 Å². The molecular weight excluding hydrogens is 214 g/mol. The molecule has 3 heteroatoms. The smallest absolute Gasteiger partial charge is 0.339 e. The monoisotopic (exact) mass is 235 g/mol. The van der Waals surface area contributed by atoms with E-state index in [9.17, 15) is 4.79 Å². The van der Waals surface area contributed by atoms with Crippen molar-refractivity contribution in [2.75, 3.05) is 6.61 Å². The summed E-state index contributed by atoms with van der Waals surface area (Å²) in [5.74, 6) is 0.109. The van der Waals surface area contributed by atoms with Gasteiger partial charge in [-0.1, -0.05) is 27.2 Å². The number of ether oxygens (including phenoxy) is 1. The van der Waals surface area contributed by atoms with Crippen LogP contribution in [0.1, 0.15) is 61.6 Å². The molecule has 0 aromatic carbocycles. The molecule has 0 saturated heterocycles. The predicted octanol–water partition coefficient (Wildman–Crippen LogP) is 3.33. The van der Waals surface area contributed by atoms with Crippen LogP contribution in [0.15, 0.2) is 12.3 Å². The van der Waals surface area contributed by atoms with E-state index in [1.807, 2.05) is 19.2 Å². The summed E-state index contributed by atoms with van der Waals surface area (Å²) in [5.41, 5.74) is 2.54. The van der Waals surface area contributed by atoms with E-state index >= 15 is 0 Å². The van der Waals surface area contributed by atoms with Crippen molar-refractivity contribution < 1.29 is 9.53 Å². The van der Waals surface area contributed by atoms with Crippen LogP contribution in [0.25, 0.3) is 0 Å². The maximum absolute atomic E-state index is 11.9. The molecule has 1 aromatic rings. The summed E-state index contributed by atoms with van der Waals surface area (Å²) in [5, 5.41) is 0. The quantitative estimate of drug-likeness (QED) is 0.735. The van der Waals surface area contributed by atoms with Gasteiger partial charge < -0.3 is 4.74 Å². The van der Waals surface area contributed by atoms with Crippen LogP contribution >= 0.6 is 0 Å². The number of carbonyl (C=O) groups excluding carboxylic acids is 1. The number of esters is 1. The van der Waals surface area contributed by atoms with Crippen LogP contribution in [0, 0.1) is 0 Å². The Bertz CT molecular complexity index is 386. The molecule has 0 atom stereocenters. The molecule has 0 radical (unpaired) electrons. The summed E-state index contributed by atoms with van der Waals surface area (Å²) < 4.78 is 5.07. The van der Waals surface area contributed by atoms with Gasteiger partial charge in [-0.2, -0.15) is 0 Å². The van der Waals surface area contributed by atoms with Gasteiger partial charge in [0.25, 0.3) is 0 Å². The molecule has 0 aliphatic rings. The van der Waals surface area contributed by atoms with Crippen molar-refractivity contribution in [1.82, 2.24) is 4.98 Å². The van der Waals surface area contributed by atoms with E-state index in [1.54, 1.807) is 0 Å². The average molecular weight is 235 g/mol. The predicted molar refractivity (Wildman–Crippen MR) is 68.3 cm³/mol. The first kappa shape index (κ1) is 13.7. The number of rotatable bonds is 5. The molecule has 0 N–H and O–H groups in total. The summed E-state index contributed by atoms with van der Waals surface area (Å²) in [6.45, 7) is 8.47. The second-order valence-electron chi connectivity index (χ2n) is 4.39. The number of hydrogen-bond acceptors (Lipinski definition) is 3. The first-order chi connectivity index (χ1) is 8.10. The maximum atomic E-state index is 11.9. The average Bonchev–Trinajstić information content (AvgIpc) is 2.30. The fourth-order valence-corrected chi connectivity index (χ4v) is 1.65. The molecule has 0 unspecified atom stereocenters. The van der Waals surface area contributed by atoms with Gasteiger partial charge in [-0.05, 0) is 30.9 Å². The molecule has 0 aliphatic carbocycles. The van der Waals surface area contributed by atoms with E-state index in [2.05, 4.69) is 25.8 Å². The number of carbonyl (C=O) groups is 1. The highest BCUT2D eigenvalue weighted by Gasteiger charge is 2.15. The van der Waals surface area contributed by atoms with Crippen molar-refractivity contribution in [3.8, 4) is 0 Å².